The number of amides is 1. The molecular formula is C17H28N4OS. The molecule has 23 heavy (non-hydrogen) atoms. The van der Waals surface area contributed by atoms with Crippen LogP contribution in [0.5, 0.6) is 0 Å². The summed E-state index contributed by atoms with van der Waals surface area (Å²) in [6, 6.07) is 0.0539. The van der Waals surface area contributed by atoms with Crippen LogP contribution < -0.4 is 10.6 Å². The summed E-state index contributed by atoms with van der Waals surface area (Å²) in [7, 11) is 2.10. The predicted octanol–water partition coefficient (Wildman–Crippen LogP) is 1.57. The van der Waals surface area contributed by atoms with Gasteiger partial charge in [-0.1, -0.05) is 0 Å². The number of likely N-dealkylation sites (tertiary alicyclic amines) is 1. The highest BCUT2D eigenvalue weighted by Crippen LogP contribution is 2.41. The Bertz CT molecular complexity index is 538. The molecule has 0 bridgehead atoms. The van der Waals surface area contributed by atoms with Crippen LogP contribution in [0.3, 0.4) is 0 Å². The molecule has 0 aliphatic carbocycles. The fourth-order valence-corrected chi connectivity index (χ4v) is 4.85. The number of hydrogen-bond donors (Lipinski definition) is 2. The van der Waals surface area contributed by atoms with Crippen molar-refractivity contribution in [3.05, 3.63) is 16.1 Å². The summed E-state index contributed by atoms with van der Waals surface area (Å²) in [4.78, 5) is 20.4. The van der Waals surface area contributed by atoms with Gasteiger partial charge in [-0.2, -0.15) is 0 Å². The van der Waals surface area contributed by atoms with Gasteiger partial charge in [0.1, 0.15) is 0 Å². The van der Waals surface area contributed by atoms with E-state index >= 15 is 0 Å². The average molecular weight is 337 g/mol. The highest BCUT2D eigenvalue weighted by molar-refractivity contribution is 7.09. The van der Waals surface area contributed by atoms with Gasteiger partial charge in [0.25, 0.3) is 0 Å². The third-order valence-electron chi connectivity index (χ3n) is 5.43. The maximum atomic E-state index is 12.5. The first-order valence-corrected chi connectivity index (χ1v) is 9.55. The second-order valence-electron chi connectivity index (χ2n) is 7.14. The van der Waals surface area contributed by atoms with Gasteiger partial charge in [-0.15, -0.1) is 11.3 Å². The van der Waals surface area contributed by atoms with Gasteiger partial charge < -0.3 is 10.6 Å². The Hall–Kier alpha value is -0.980. The molecule has 0 aromatic carbocycles. The molecule has 6 heteroatoms. The van der Waals surface area contributed by atoms with E-state index in [-0.39, 0.29) is 11.9 Å². The molecule has 0 radical (unpaired) electrons. The minimum atomic E-state index is 0.0539. The lowest BCUT2D eigenvalue weighted by molar-refractivity contribution is -0.125. The lowest BCUT2D eigenvalue weighted by atomic mass is 9.77. The quantitative estimate of drug-likeness (QED) is 0.802. The number of nitrogens with zero attached hydrogens (tertiary/aromatic N) is 2. The van der Waals surface area contributed by atoms with E-state index in [1.54, 1.807) is 11.3 Å². The predicted molar refractivity (Wildman–Crippen MR) is 93.8 cm³/mol. The fourth-order valence-electron chi connectivity index (χ4n) is 4.03. The number of thiazole rings is 1. The number of piperidine rings is 1. The topological polar surface area (TPSA) is 57.3 Å². The SMILES string of the molecule is Cc1ncsc1CCCNC(=O)[C@H]1CC2(CCNCC2)CN1C. The molecule has 2 N–H and O–H groups in total. The minimum Gasteiger partial charge on any atom is -0.355 e. The molecule has 2 aliphatic rings. The number of nitrogens with one attached hydrogen (secondary N) is 2. The van der Waals surface area contributed by atoms with E-state index in [9.17, 15) is 4.79 Å². The third kappa shape index (κ3) is 3.92. The van der Waals surface area contributed by atoms with Crippen molar-refractivity contribution in [3.63, 3.8) is 0 Å². The van der Waals surface area contributed by atoms with Crippen LogP contribution >= 0.6 is 11.3 Å². The van der Waals surface area contributed by atoms with Gasteiger partial charge in [-0.3, -0.25) is 9.69 Å². The summed E-state index contributed by atoms with van der Waals surface area (Å²) in [6.45, 7) is 6.06. The first kappa shape index (κ1) is 16.9. The zero-order valence-corrected chi connectivity index (χ0v) is 15.0. The molecule has 5 nitrogen and oxygen atoms in total. The van der Waals surface area contributed by atoms with Crippen LogP contribution in [0.25, 0.3) is 0 Å². The van der Waals surface area contributed by atoms with Gasteiger partial charge in [0.2, 0.25) is 5.91 Å². The van der Waals surface area contributed by atoms with Crippen molar-refractivity contribution in [1.29, 1.82) is 0 Å². The van der Waals surface area contributed by atoms with E-state index < -0.39 is 0 Å². The van der Waals surface area contributed by atoms with E-state index in [1.165, 1.54) is 17.7 Å². The fraction of sp³-hybridized carbons (Fsp3) is 0.765. The summed E-state index contributed by atoms with van der Waals surface area (Å²) >= 11 is 1.71. The minimum absolute atomic E-state index is 0.0539. The molecule has 2 aliphatic heterocycles. The highest BCUT2D eigenvalue weighted by atomic mass is 32.1. The van der Waals surface area contributed by atoms with Gasteiger partial charge in [0.15, 0.2) is 0 Å². The van der Waals surface area contributed by atoms with Gasteiger partial charge in [-0.05, 0) is 64.6 Å². The molecule has 1 atom stereocenters. The van der Waals surface area contributed by atoms with E-state index in [0.29, 0.717) is 5.41 Å². The molecule has 3 rings (SSSR count). The molecular weight excluding hydrogens is 308 g/mol. The van der Waals surface area contributed by atoms with Crippen molar-refractivity contribution in [2.75, 3.05) is 33.2 Å². The first-order chi connectivity index (χ1) is 11.1. The lowest BCUT2D eigenvalue weighted by Crippen LogP contribution is -2.41. The Labute approximate surface area is 142 Å². The second-order valence-corrected chi connectivity index (χ2v) is 8.08. The van der Waals surface area contributed by atoms with E-state index in [1.807, 2.05) is 5.51 Å². The number of aryl methyl sites for hydroxylation is 2. The van der Waals surface area contributed by atoms with E-state index in [2.05, 4.69) is 34.5 Å². The molecule has 1 spiro atoms. The van der Waals surface area contributed by atoms with E-state index in [0.717, 1.165) is 51.1 Å². The number of rotatable bonds is 5. The summed E-state index contributed by atoms with van der Waals surface area (Å²) in [5.74, 6) is 0.212. The van der Waals surface area contributed by atoms with Crippen molar-refractivity contribution in [2.24, 2.45) is 5.41 Å². The number of carbonyl (C=O) groups excluding carboxylic acids is 1. The lowest BCUT2D eigenvalue weighted by Gasteiger charge is -2.33. The normalized spacial score (nSPS) is 24.2. The van der Waals surface area contributed by atoms with Crippen LogP contribution in [-0.2, 0) is 11.2 Å². The van der Waals surface area contributed by atoms with Crippen molar-refractivity contribution < 1.29 is 4.79 Å². The maximum Gasteiger partial charge on any atom is 0.237 e. The summed E-state index contributed by atoms with van der Waals surface area (Å²) in [5, 5.41) is 6.58. The Balaban J connectivity index is 1.44. The van der Waals surface area contributed by atoms with Crippen LogP contribution in [-0.4, -0.2) is 55.1 Å². The first-order valence-electron chi connectivity index (χ1n) is 8.67. The molecule has 0 saturated carbocycles. The third-order valence-corrected chi connectivity index (χ3v) is 6.43. The Morgan fingerprint density at radius 2 is 2.30 bits per heavy atom. The molecule has 1 amide bonds. The Kier molecular flexibility index (Phi) is 5.34. The standard InChI is InChI=1S/C17H28N4OS/c1-13-15(23-12-20-13)4-3-7-19-16(22)14-10-17(11-21(14)2)5-8-18-9-6-17/h12,14,18H,3-11H2,1-2H3,(H,19,22)/t14-/m1/s1. The van der Waals surface area contributed by atoms with Crippen LogP contribution in [0.15, 0.2) is 5.51 Å². The second kappa shape index (κ2) is 7.28. The molecule has 128 valence electrons. The largest absolute Gasteiger partial charge is 0.355 e. The van der Waals surface area contributed by atoms with Crippen LogP contribution in [0.1, 0.15) is 36.3 Å². The van der Waals surface area contributed by atoms with Crippen LogP contribution in [0, 0.1) is 12.3 Å². The summed E-state index contributed by atoms with van der Waals surface area (Å²) < 4.78 is 0. The Morgan fingerprint density at radius 3 is 3.00 bits per heavy atom. The molecule has 3 heterocycles. The molecule has 0 unspecified atom stereocenters. The zero-order valence-electron chi connectivity index (χ0n) is 14.2. The average Bonchev–Trinajstić information content (AvgIpc) is 3.08. The van der Waals surface area contributed by atoms with Crippen LogP contribution in [0.4, 0.5) is 0 Å². The van der Waals surface area contributed by atoms with Crippen molar-refractivity contribution in [2.45, 2.75) is 45.1 Å². The van der Waals surface area contributed by atoms with Crippen molar-refractivity contribution in [1.82, 2.24) is 20.5 Å². The molecule has 2 fully saturated rings. The zero-order chi connectivity index (χ0) is 16.3. The van der Waals surface area contributed by atoms with Gasteiger partial charge in [0.05, 0.1) is 17.2 Å². The van der Waals surface area contributed by atoms with E-state index in [4.69, 9.17) is 0 Å². The molecule has 2 saturated heterocycles. The van der Waals surface area contributed by atoms with Crippen LogP contribution in [0.2, 0.25) is 0 Å². The monoisotopic (exact) mass is 336 g/mol. The number of aromatic nitrogens is 1. The number of likely N-dealkylation sites (N-methyl/N-ethyl adjacent to an activating group) is 1. The number of carbonyl (C=O) groups is 1. The van der Waals surface area contributed by atoms with Gasteiger partial charge in [0, 0.05) is 18.0 Å². The smallest absolute Gasteiger partial charge is 0.237 e. The summed E-state index contributed by atoms with van der Waals surface area (Å²) in [6.07, 6.45) is 5.41. The molecule has 1 aromatic rings. The van der Waals surface area contributed by atoms with Crippen molar-refractivity contribution >= 4 is 17.2 Å². The summed E-state index contributed by atoms with van der Waals surface area (Å²) in [5.41, 5.74) is 3.39. The highest BCUT2D eigenvalue weighted by Gasteiger charge is 2.45. The molecule has 1 aromatic heterocycles. The van der Waals surface area contributed by atoms with Crippen molar-refractivity contribution in [3.8, 4) is 0 Å². The number of hydrogen-bond acceptors (Lipinski definition) is 5. The Morgan fingerprint density at radius 1 is 1.52 bits per heavy atom. The maximum absolute atomic E-state index is 12.5. The van der Waals surface area contributed by atoms with Gasteiger partial charge >= 0.3 is 0 Å². The van der Waals surface area contributed by atoms with Gasteiger partial charge in [-0.25, -0.2) is 4.98 Å².